The van der Waals surface area contributed by atoms with Gasteiger partial charge in [0.15, 0.2) is 0 Å². The normalized spacial score (nSPS) is 8.29. The monoisotopic (exact) mass is 200 g/mol. The molecule has 7 heavy (non-hydrogen) atoms. The van der Waals surface area contributed by atoms with Crippen LogP contribution in [0.1, 0.15) is 26.7 Å². The van der Waals surface area contributed by atoms with Crippen LogP contribution in [0.15, 0.2) is 0 Å². The van der Waals surface area contributed by atoms with Gasteiger partial charge >= 0.3 is 58.9 Å². The molecule has 0 aromatic rings. The van der Waals surface area contributed by atoms with E-state index in [1.54, 1.807) is 7.96 Å². The molecule has 0 unspecified atom stereocenters. The Kier molecular flexibility index (Phi) is 7.83. The van der Waals surface area contributed by atoms with Gasteiger partial charge in [-0.1, -0.05) is 0 Å². The first-order chi connectivity index (χ1) is 3.41. The van der Waals surface area contributed by atoms with Crippen LogP contribution in [-0.4, -0.2) is 0 Å². The van der Waals surface area contributed by atoms with Crippen molar-refractivity contribution in [2.75, 3.05) is 0 Å². The van der Waals surface area contributed by atoms with Gasteiger partial charge in [-0.3, -0.25) is 0 Å². The molecule has 0 heterocycles. The molecule has 1 heteroatoms. The maximum atomic E-state index is 2.34. The van der Waals surface area contributed by atoms with Crippen LogP contribution in [0.4, 0.5) is 0 Å². The molecule has 0 aromatic carbocycles. The van der Waals surface area contributed by atoms with Crippen LogP contribution < -0.4 is 0 Å². The van der Waals surface area contributed by atoms with Gasteiger partial charge in [-0.2, -0.15) is 0 Å². The van der Waals surface area contributed by atoms with Crippen LogP contribution in [0.5, 0.6) is 0 Å². The summed E-state index contributed by atoms with van der Waals surface area (Å²) in [6, 6.07) is 0. The van der Waals surface area contributed by atoms with Crippen molar-refractivity contribution < 1.29 is 24.2 Å². The predicted octanol–water partition coefficient (Wildman–Crippen LogP) is 2.73. The molecule has 0 rings (SSSR count). The van der Waals surface area contributed by atoms with Crippen LogP contribution >= 0.6 is 0 Å². The van der Waals surface area contributed by atoms with E-state index in [1.807, 2.05) is 0 Å². The molecule has 0 fully saturated rings. The molecular formula is C6H14Cd. The molecule has 0 saturated heterocycles. The van der Waals surface area contributed by atoms with Crippen LogP contribution in [0.25, 0.3) is 0 Å². The van der Waals surface area contributed by atoms with Gasteiger partial charge in [0, 0.05) is 0 Å². The molecule has 0 atom stereocenters. The molecular weight excluding hydrogens is 184 g/mol. The molecule has 0 N–H and O–H groups in total. The summed E-state index contributed by atoms with van der Waals surface area (Å²) < 4.78 is 3.22. The zero-order valence-corrected chi connectivity index (χ0v) is 9.57. The van der Waals surface area contributed by atoms with E-state index < -0.39 is 0 Å². The van der Waals surface area contributed by atoms with Crippen molar-refractivity contribution in [2.24, 2.45) is 0 Å². The van der Waals surface area contributed by atoms with Crippen molar-refractivity contribution in [1.29, 1.82) is 0 Å². The van der Waals surface area contributed by atoms with Gasteiger partial charge in [0.2, 0.25) is 0 Å². The molecule has 0 aliphatic carbocycles. The molecule has 0 saturated carbocycles. The van der Waals surface area contributed by atoms with Gasteiger partial charge in [0.25, 0.3) is 0 Å². The Morgan fingerprint density at radius 2 is 2.00 bits per heavy atom. The minimum absolute atomic E-state index is 0.108. The Hall–Kier alpha value is 0.922. The quantitative estimate of drug-likeness (QED) is 0.481. The van der Waals surface area contributed by atoms with Gasteiger partial charge in [-0.05, 0) is 0 Å². The average molecular weight is 199 g/mol. The molecule has 0 spiro atoms. The summed E-state index contributed by atoms with van der Waals surface area (Å²) in [7, 11) is 0. The summed E-state index contributed by atoms with van der Waals surface area (Å²) in [5, 5.41) is 0. The summed E-state index contributed by atoms with van der Waals surface area (Å²) in [4.78, 5) is 0. The minimum atomic E-state index is -0.108. The van der Waals surface area contributed by atoms with Crippen molar-refractivity contribution in [1.82, 2.24) is 0 Å². The Morgan fingerprint density at radius 1 is 1.29 bits per heavy atom. The Morgan fingerprint density at radius 3 is 2.43 bits per heavy atom. The van der Waals surface area contributed by atoms with Crippen molar-refractivity contribution in [2.45, 2.75) is 34.6 Å². The number of hydrogen-bond acceptors (Lipinski definition) is 0. The Bertz CT molecular complexity index is 23.4. The standard InChI is InChI=1S/C4H9.C2H5.Cd/c1-3-4-2;1-2;/h1,3-4H2,2H3;1H2,2H3;. The third-order valence-corrected chi connectivity index (χ3v) is 6.08. The SMILES string of the molecule is CCC[CH2][Cd][CH2]C. The first-order valence-electron chi connectivity index (χ1n) is 3.41. The maximum absolute atomic E-state index is 2.34. The molecule has 0 radical (unpaired) electrons. The van der Waals surface area contributed by atoms with E-state index in [4.69, 9.17) is 0 Å². The molecule has 0 aliphatic heterocycles. The Balaban J connectivity index is 2.45. The van der Waals surface area contributed by atoms with Crippen LogP contribution in [0.2, 0.25) is 7.96 Å². The summed E-state index contributed by atoms with van der Waals surface area (Å²) >= 11 is -0.108. The number of rotatable bonds is 4. The van der Waals surface area contributed by atoms with E-state index in [0.29, 0.717) is 0 Å². The third kappa shape index (κ3) is 6.92. The summed E-state index contributed by atoms with van der Waals surface area (Å²) in [6.07, 6.45) is 2.93. The average Bonchev–Trinajstić information content (AvgIpc) is 1.69. The van der Waals surface area contributed by atoms with Crippen molar-refractivity contribution in [3.8, 4) is 0 Å². The molecule has 40 valence electrons. The molecule has 0 nitrogen and oxygen atoms in total. The predicted molar refractivity (Wildman–Crippen MR) is 30.2 cm³/mol. The second-order valence-electron chi connectivity index (χ2n) is 2.06. The molecule has 0 bridgehead atoms. The third-order valence-electron chi connectivity index (χ3n) is 1.21. The molecule has 0 aliphatic rings. The number of unbranched alkanes of at least 4 members (excludes halogenated alkanes) is 1. The van der Waals surface area contributed by atoms with Crippen LogP contribution in [0, 0.1) is 0 Å². The van der Waals surface area contributed by atoms with E-state index >= 15 is 0 Å². The zero-order chi connectivity index (χ0) is 5.54. The van der Waals surface area contributed by atoms with Gasteiger partial charge in [-0.15, -0.1) is 0 Å². The van der Waals surface area contributed by atoms with Crippen LogP contribution in [-0.2, 0) is 24.2 Å². The molecule has 0 aromatic heterocycles. The van der Waals surface area contributed by atoms with E-state index in [9.17, 15) is 0 Å². The van der Waals surface area contributed by atoms with E-state index in [2.05, 4.69) is 13.8 Å². The fraction of sp³-hybridized carbons (Fsp3) is 1.00. The van der Waals surface area contributed by atoms with Gasteiger partial charge in [0.05, 0.1) is 0 Å². The second-order valence-corrected chi connectivity index (χ2v) is 8.95. The van der Waals surface area contributed by atoms with E-state index in [1.165, 1.54) is 12.8 Å². The van der Waals surface area contributed by atoms with Crippen LogP contribution in [0.3, 0.4) is 0 Å². The molecule has 0 amide bonds. The fourth-order valence-electron chi connectivity index (χ4n) is 0.677. The van der Waals surface area contributed by atoms with Crippen molar-refractivity contribution in [3.05, 3.63) is 0 Å². The zero-order valence-electron chi connectivity index (χ0n) is 5.54. The topological polar surface area (TPSA) is 0 Å². The first kappa shape index (κ1) is 7.92. The van der Waals surface area contributed by atoms with Gasteiger partial charge in [0.1, 0.15) is 0 Å². The Labute approximate surface area is 58.9 Å². The van der Waals surface area contributed by atoms with E-state index in [0.717, 1.165) is 0 Å². The van der Waals surface area contributed by atoms with Gasteiger partial charge < -0.3 is 0 Å². The summed E-state index contributed by atoms with van der Waals surface area (Å²) in [6.45, 7) is 4.62. The summed E-state index contributed by atoms with van der Waals surface area (Å²) in [5.74, 6) is 0. The van der Waals surface area contributed by atoms with Crippen molar-refractivity contribution >= 4 is 0 Å². The number of hydrogen-bond donors (Lipinski definition) is 0. The first-order valence-corrected chi connectivity index (χ1v) is 9.12. The second kappa shape index (κ2) is 6.92. The fourth-order valence-corrected chi connectivity index (χ4v) is 4.54. The van der Waals surface area contributed by atoms with E-state index in [-0.39, 0.29) is 24.2 Å². The van der Waals surface area contributed by atoms with Crippen molar-refractivity contribution in [3.63, 3.8) is 0 Å². The summed E-state index contributed by atoms with van der Waals surface area (Å²) in [5.41, 5.74) is 0. The van der Waals surface area contributed by atoms with Gasteiger partial charge in [-0.25, -0.2) is 0 Å².